The molecule has 3 rings (SSSR count). The van der Waals surface area contributed by atoms with Crippen LogP contribution in [0.5, 0.6) is 0 Å². The van der Waals surface area contributed by atoms with Gasteiger partial charge in [0.2, 0.25) is 0 Å². The van der Waals surface area contributed by atoms with Crippen molar-refractivity contribution in [1.29, 1.82) is 0 Å². The largest absolute Gasteiger partial charge is 0.480 e. The number of likely N-dealkylation sites (tertiary alicyclic amines) is 1. The predicted octanol–water partition coefficient (Wildman–Crippen LogP) is 0.638. The van der Waals surface area contributed by atoms with E-state index < -0.39 is 17.9 Å². The molecule has 2 aliphatic rings. The second-order valence-electron chi connectivity index (χ2n) is 6.09. The summed E-state index contributed by atoms with van der Waals surface area (Å²) in [7, 11) is 1.47. The summed E-state index contributed by atoms with van der Waals surface area (Å²) < 4.78 is 1.09. The Kier molecular flexibility index (Phi) is 3.72. The van der Waals surface area contributed by atoms with Crippen LogP contribution in [0.4, 0.5) is 0 Å². The number of aliphatic carboxylic acids is 1. The first-order chi connectivity index (χ1) is 10.5. The maximum absolute atomic E-state index is 12.8. The van der Waals surface area contributed by atoms with Crippen LogP contribution in [0.15, 0.2) is 16.9 Å². The first-order valence-corrected chi connectivity index (χ1v) is 7.59. The maximum Gasteiger partial charge on any atom is 0.326 e. The Morgan fingerprint density at radius 2 is 2.00 bits per heavy atom. The van der Waals surface area contributed by atoms with Crippen molar-refractivity contribution in [2.75, 3.05) is 0 Å². The molecule has 22 heavy (non-hydrogen) atoms. The molecule has 7 heteroatoms. The van der Waals surface area contributed by atoms with Crippen molar-refractivity contribution in [2.24, 2.45) is 13.0 Å². The molecule has 2 fully saturated rings. The molecule has 2 heterocycles. The highest BCUT2D eigenvalue weighted by Crippen LogP contribution is 2.40. The molecular weight excluding hydrogens is 286 g/mol. The summed E-state index contributed by atoms with van der Waals surface area (Å²) in [5.74, 6) is -1.10. The molecule has 1 saturated carbocycles. The quantitative estimate of drug-likeness (QED) is 0.865. The summed E-state index contributed by atoms with van der Waals surface area (Å²) in [6.07, 6.45) is 4.42. The molecule has 1 aliphatic carbocycles. The maximum atomic E-state index is 12.8. The van der Waals surface area contributed by atoms with E-state index in [9.17, 15) is 19.5 Å². The van der Waals surface area contributed by atoms with Crippen molar-refractivity contribution in [3.05, 3.63) is 28.2 Å². The molecular formula is C15H19N3O4. The van der Waals surface area contributed by atoms with Gasteiger partial charge in [0.15, 0.2) is 0 Å². The van der Waals surface area contributed by atoms with Gasteiger partial charge in [0, 0.05) is 19.2 Å². The van der Waals surface area contributed by atoms with E-state index in [0.717, 1.165) is 30.4 Å². The van der Waals surface area contributed by atoms with Gasteiger partial charge in [-0.3, -0.25) is 9.59 Å². The fourth-order valence-corrected chi connectivity index (χ4v) is 3.72. The van der Waals surface area contributed by atoms with Crippen LogP contribution in [0.2, 0.25) is 0 Å². The number of carbonyl (C=O) groups is 2. The second kappa shape index (κ2) is 5.55. The highest BCUT2D eigenvalue weighted by Gasteiger charge is 2.48. The van der Waals surface area contributed by atoms with Gasteiger partial charge in [-0.1, -0.05) is 12.8 Å². The normalized spacial score (nSPS) is 27.5. The van der Waals surface area contributed by atoms with Crippen LogP contribution in [-0.4, -0.2) is 43.7 Å². The number of fused-ring (bicyclic) bond motifs is 1. The lowest BCUT2D eigenvalue weighted by Gasteiger charge is -2.32. The van der Waals surface area contributed by atoms with Crippen molar-refractivity contribution < 1.29 is 14.7 Å². The molecule has 1 saturated heterocycles. The van der Waals surface area contributed by atoms with E-state index in [0.29, 0.717) is 6.42 Å². The molecule has 1 aromatic heterocycles. The average Bonchev–Trinajstić information content (AvgIpc) is 2.89. The molecule has 118 valence electrons. The fraction of sp³-hybridized carbons (Fsp3) is 0.600. The topological polar surface area (TPSA) is 92.5 Å². The number of hydrogen-bond donors (Lipinski definition) is 1. The zero-order valence-corrected chi connectivity index (χ0v) is 12.4. The van der Waals surface area contributed by atoms with Gasteiger partial charge >= 0.3 is 5.97 Å². The third-order valence-electron chi connectivity index (χ3n) is 4.79. The van der Waals surface area contributed by atoms with E-state index in [1.807, 2.05) is 0 Å². The van der Waals surface area contributed by atoms with Crippen LogP contribution in [0.25, 0.3) is 0 Å². The predicted molar refractivity (Wildman–Crippen MR) is 77.4 cm³/mol. The number of carboxylic acids is 1. The highest BCUT2D eigenvalue weighted by atomic mass is 16.4. The Morgan fingerprint density at radius 1 is 1.27 bits per heavy atom. The molecule has 7 nitrogen and oxygen atoms in total. The van der Waals surface area contributed by atoms with Crippen LogP contribution in [0.1, 0.15) is 42.6 Å². The molecule has 3 atom stereocenters. The number of nitrogens with zero attached hydrogens (tertiary/aromatic N) is 3. The molecule has 1 N–H and O–H groups in total. The zero-order valence-electron chi connectivity index (χ0n) is 12.4. The van der Waals surface area contributed by atoms with Gasteiger partial charge in [0.1, 0.15) is 11.7 Å². The Balaban J connectivity index is 1.95. The molecule has 0 aromatic carbocycles. The molecule has 0 bridgehead atoms. The average molecular weight is 305 g/mol. The molecule has 1 aromatic rings. The van der Waals surface area contributed by atoms with E-state index in [1.54, 1.807) is 0 Å². The molecule has 0 unspecified atom stereocenters. The number of hydrogen-bond acceptors (Lipinski definition) is 4. The lowest BCUT2D eigenvalue weighted by atomic mass is 9.84. The van der Waals surface area contributed by atoms with Crippen molar-refractivity contribution in [3.8, 4) is 0 Å². The Bertz CT molecular complexity index is 669. The first-order valence-electron chi connectivity index (χ1n) is 7.59. The van der Waals surface area contributed by atoms with Gasteiger partial charge < -0.3 is 10.0 Å². The fourth-order valence-electron chi connectivity index (χ4n) is 3.72. The summed E-state index contributed by atoms with van der Waals surface area (Å²) in [5.41, 5.74) is -0.178. The standard InChI is InChI=1S/C15H19N3O4/c1-17-13(19)7-6-10(16-17)14(20)18-11-5-3-2-4-9(11)8-12(18)15(21)22/h6-7,9,11-12H,2-5,8H2,1H3,(H,21,22)/t9-,11+,12-/m0/s1. The van der Waals surface area contributed by atoms with Crippen molar-refractivity contribution >= 4 is 11.9 Å². The van der Waals surface area contributed by atoms with Crippen LogP contribution in [-0.2, 0) is 11.8 Å². The van der Waals surface area contributed by atoms with Crippen molar-refractivity contribution in [1.82, 2.24) is 14.7 Å². The van der Waals surface area contributed by atoms with Gasteiger partial charge in [-0.15, -0.1) is 0 Å². The first kappa shape index (κ1) is 14.7. The van der Waals surface area contributed by atoms with Crippen LogP contribution in [0, 0.1) is 5.92 Å². The van der Waals surface area contributed by atoms with Crippen molar-refractivity contribution in [2.45, 2.75) is 44.2 Å². The lowest BCUT2D eigenvalue weighted by molar-refractivity contribution is -0.141. The van der Waals surface area contributed by atoms with E-state index in [4.69, 9.17) is 0 Å². The Hall–Kier alpha value is -2.18. The third-order valence-corrected chi connectivity index (χ3v) is 4.79. The molecule has 0 spiro atoms. The van der Waals surface area contributed by atoms with E-state index in [1.165, 1.54) is 24.1 Å². The number of carbonyl (C=O) groups excluding carboxylic acids is 1. The van der Waals surface area contributed by atoms with Crippen molar-refractivity contribution in [3.63, 3.8) is 0 Å². The summed E-state index contributed by atoms with van der Waals surface area (Å²) in [4.78, 5) is 37.2. The number of aryl methyl sites for hydroxylation is 1. The summed E-state index contributed by atoms with van der Waals surface area (Å²) in [6, 6.07) is 1.84. The van der Waals surface area contributed by atoms with Crippen LogP contribution in [0.3, 0.4) is 0 Å². The smallest absolute Gasteiger partial charge is 0.326 e. The summed E-state index contributed by atoms with van der Waals surface area (Å²) >= 11 is 0. The van der Waals surface area contributed by atoms with Crippen LogP contribution < -0.4 is 5.56 Å². The van der Waals surface area contributed by atoms with Gasteiger partial charge in [0.25, 0.3) is 11.5 Å². The van der Waals surface area contributed by atoms with E-state index in [2.05, 4.69) is 5.10 Å². The Morgan fingerprint density at radius 3 is 2.68 bits per heavy atom. The second-order valence-corrected chi connectivity index (χ2v) is 6.09. The molecule has 0 radical (unpaired) electrons. The lowest BCUT2D eigenvalue weighted by Crippen LogP contribution is -2.46. The van der Waals surface area contributed by atoms with Gasteiger partial charge in [-0.2, -0.15) is 5.10 Å². The molecule has 1 aliphatic heterocycles. The van der Waals surface area contributed by atoms with E-state index >= 15 is 0 Å². The number of aromatic nitrogens is 2. The number of rotatable bonds is 2. The molecule has 1 amide bonds. The number of amides is 1. The number of carboxylic acid groups (broad SMARTS) is 1. The minimum atomic E-state index is -0.965. The Labute approximate surface area is 127 Å². The summed E-state index contributed by atoms with van der Waals surface area (Å²) in [5, 5.41) is 13.4. The van der Waals surface area contributed by atoms with Gasteiger partial charge in [0.05, 0.1) is 0 Å². The van der Waals surface area contributed by atoms with Gasteiger partial charge in [-0.05, 0) is 31.2 Å². The highest BCUT2D eigenvalue weighted by molar-refractivity contribution is 5.95. The minimum Gasteiger partial charge on any atom is -0.480 e. The third kappa shape index (κ3) is 2.40. The van der Waals surface area contributed by atoms with Gasteiger partial charge in [-0.25, -0.2) is 9.48 Å². The SMILES string of the molecule is Cn1nc(C(=O)N2[C@@H]3CCCC[C@H]3C[C@H]2C(=O)O)ccc1=O. The summed E-state index contributed by atoms with van der Waals surface area (Å²) in [6.45, 7) is 0. The minimum absolute atomic E-state index is 0.0265. The zero-order chi connectivity index (χ0) is 15.9. The monoisotopic (exact) mass is 305 g/mol. The van der Waals surface area contributed by atoms with Crippen LogP contribution >= 0.6 is 0 Å². The van der Waals surface area contributed by atoms with E-state index in [-0.39, 0.29) is 23.2 Å².